The summed E-state index contributed by atoms with van der Waals surface area (Å²) in [6.45, 7) is 4.67. The Kier molecular flexibility index (Phi) is 3.79. The maximum absolute atomic E-state index is 12.4. The van der Waals surface area contributed by atoms with E-state index in [4.69, 9.17) is 0 Å². The fourth-order valence-corrected chi connectivity index (χ4v) is 2.90. The van der Waals surface area contributed by atoms with E-state index in [1.807, 2.05) is 50.2 Å². The van der Waals surface area contributed by atoms with Crippen LogP contribution in [0.1, 0.15) is 34.6 Å². The molecule has 4 heteroatoms. The Morgan fingerprint density at radius 1 is 1.27 bits per heavy atom. The highest BCUT2D eigenvalue weighted by Gasteiger charge is 2.42. The molecule has 0 atom stereocenters. The Labute approximate surface area is 130 Å². The van der Waals surface area contributed by atoms with Crippen molar-refractivity contribution in [3.05, 3.63) is 53.3 Å². The van der Waals surface area contributed by atoms with Gasteiger partial charge in [0.1, 0.15) is 0 Å². The van der Waals surface area contributed by atoms with Crippen LogP contribution >= 0.6 is 0 Å². The van der Waals surface area contributed by atoms with E-state index < -0.39 is 0 Å². The molecule has 0 radical (unpaired) electrons. The van der Waals surface area contributed by atoms with Gasteiger partial charge in [0, 0.05) is 29.0 Å². The third-order valence-corrected chi connectivity index (χ3v) is 4.61. The van der Waals surface area contributed by atoms with Gasteiger partial charge in [0.05, 0.1) is 12.2 Å². The van der Waals surface area contributed by atoms with Crippen LogP contribution in [0, 0.1) is 19.3 Å². The van der Waals surface area contributed by atoms with Crippen LogP contribution in [0.4, 0.5) is 0 Å². The van der Waals surface area contributed by atoms with Crippen LogP contribution in [0.25, 0.3) is 5.69 Å². The maximum atomic E-state index is 12.4. The molecule has 0 bridgehead atoms. The number of carbonyl (C=O) groups excluding carboxylic acids is 1. The van der Waals surface area contributed by atoms with E-state index in [2.05, 4.69) is 9.88 Å². The molecule has 1 fully saturated rings. The molecule has 22 heavy (non-hydrogen) atoms. The van der Waals surface area contributed by atoms with Crippen molar-refractivity contribution >= 4 is 5.91 Å². The Morgan fingerprint density at radius 2 is 1.95 bits per heavy atom. The van der Waals surface area contributed by atoms with E-state index in [1.165, 1.54) is 0 Å². The maximum Gasteiger partial charge on any atom is 0.253 e. The summed E-state index contributed by atoms with van der Waals surface area (Å²) in [6.07, 6.45) is 1.99. The van der Waals surface area contributed by atoms with Gasteiger partial charge in [-0.3, -0.25) is 4.79 Å². The lowest BCUT2D eigenvalue weighted by atomic mass is 10.1. The van der Waals surface area contributed by atoms with Gasteiger partial charge in [0.15, 0.2) is 0 Å². The van der Waals surface area contributed by atoms with Crippen LogP contribution in [-0.4, -0.2) is 28.7 Å². The first-order valence-electron chi connectivity index (χ1n) is 7.70. The lowest BCUT2D eigenvalue weighted by molar-refractivity contribution is 0.0934. The Hall–Kier alpha value is -2.07. The third-order valence-electron chi connectivity index (χ3n) is 4.61. The molecule has 1 aliphatic carbocycles. The number of nitrogens with one attached hydrogen (secondary N) is 1. The molecule has 1 amide bonds. The topological polar surface area (TPSA) is 54.3 Å². The number of hydrogen-bond donors (Lipinski definition) is 2. The van der Waals surface area contributed by atoms with Gasteiger partial charge in [0.2, 0.25) is 0 Å². The number of aromatic nitrogens is 1. The third kappa shape index (κ3) is 2.66. The van der Waals surface area contributed by atoms with Crippen LogP contribution in [0.5, 0.6) is 0 Å². The summed E-state index contributed by atoms with van der Waals surface area (Å²) in [5, 5.41) is 12.3. The normalized spacial score (nSPS) is 15.6. The standard InChI is InChI=1S/C18H22N2O2/c1-13-10-16(17(22)19-11-18(12-21)8-9-18)14(2)20(13)15-6-4-3-5-7-15/h3-7,10,21H,8-9,11-12H2,1-2H3,(H,19,22). The minimum Gasteiger partial charge on any atom is -0.396 e. The summed E-state index contributed by atoms with van der Waals surface area (Å²) < 4.78 is 2.09. The molecular weight excluding hydrogens is 276 g/mol. The van der Waals surface area contributed by atoms with Gasteiger partial charge in [-0.1, -0.05) is 18.2 Å². The Morgan fingerprint density at radius 3 is 2.55 bits per heavy atom. The summed E-state index contributed by atoms with van der Waals surface area (Å²) in [7, 11) is 0. The summed E-state index contributed by atoms with van der Waals surface area (Å²) >= 11 is 0. The Bertz CT molecular complexity index is 685. The summed E-state index contributed by atoms with van der Waals surface area (Å²) in [5.74, 6) is -0.0602. The smallest absolute Gasteiger partial charge is 0.253 e. The molecule has 0 aliphatic heterocycles. The summed E-state index contributed by atoms with van der Waals surface area (Å²) in [4.78, 5) is 12.4. The zero-order valence-corrected chi connectivity index (χ0v) is 13.1. The van der Waals surface area contributed by atoms with Gasteiger partial charge in [-0.2, -0.15) is 0 Å². The predicted octanol–water partition coefficient (Wildman–Crippen LogP) is 2.60. The van der Waals surface area contributed by atoms with E-state index in [0.717, 1.165) is 29.9 Å². The fourth-order valence-electron chi connectivity index (χ4n) is 2.90. The number of aliphatic hydroxyl groups is 1. The average Bonchev–Trinajstić information content (AvgIpc) is 3.26. The van der Waals surface area contributed by atoms with Crippen molar-refractivity contribution in [2.75, 3.05) is 13.2 Å². The number of aliphatic hydroxyl groups excluding tert-OH is 1. The zero-order chi connectivity index (χ0) is 15.7. The van der Waals surface area contributed by atoms with Gasteiger partial charge in [-0.25, -0.2) is 0 Å². The number of nitrogens with zero attached hydrogens (tertiary/aromatic N) is 1. The molecule has 1 saturated carbocycles. The van der Waals surface area contributed by atoms with Gasteiger partial charge >= 0.3 is 0 Å². The second-order valence-corrected chi connectivity index (χ2v) is 6.30. The quantitative estimate of drug-likeness (QED) is 0.891. The molecule has 116 valence electrons. The number of rotatable bonds is 5. The molecule has 3 rings (SSSR count). The molecule has 1 heterocycles. The largest absolute Gasteiger partial charge is 0.396 e. The number of para-hydroxylation sites is 1. The lowest BCUT2D eigenvalue weighted by Crippen LogP contribution is -2.32. The molecule has 0 saturated heterocycles. The second kappa shape index (κ2) is 5.61. The fraction of sp³-hybridized carbons (Fsp3) is 0.389. The lowest BCUT2D eigenvalue weighted by Gasteiger charge is -2.13. The van der Waals surface area contributed by atoms with Crippen molar-refractivity contribution in [2.24, 2.45) is 5.41 Å². The van der Waals surface area contributed by atoms with Crippen LogP contribution in [0.3, 0.4) is 0 Å². The monoisotopic (exact) mass is 298 g/mol. The number of hydrogen-bond acceptors (Lipinski definition) is 2. The number of benzene rings is 1. The van der Waals surface area contributed by atoms with E-state index in [0.29, 0.717) is 12.1 Å². The minimum absolute atomic E-state index is 0.0602. The van der Waals surface area contributed by atoms with Crippen LogP contribution in [0.15, 0.2) is 36.4 Å². The predicted molar refractivity (Wildman–Crippen MR) is 86.3 cm³/mol. The highest BCUT2D eigenvalue weighted by Crippen LogP contribution is 2.44. The summed E-state index contributed by atoms with van der Waals surface area (Å²) in [6, 6.07) is 12.0. The zero-order valence-electron chi connectivity index (χ0n) is 13.1. The molecule has 1 aromatic heterocycles. The van der Waals surface area contributed by atoms with E-state index in [9.17, 15) is 9.90 Å². The molecule has 1 aromatic carbocycles. The highest BCUT2D eigenvalue weighted by molar-refractivity contribution is 5.96. The molecular formula is C18H22N2O2. The van der Waals surface area contributed by atoms with Crippen LogP contribution < -0.4 is 5.32 Å². The summed E-state index contributed by atoms with van der Waals surface area (Å²) in [5.41, 5.74) is 3.67. The van der Waals surface area contributed by atoms with E-state index in [-0.39, 0.29) is 17.9 Å². The first-order chi connectivity index (χ1) is 10.6. The number of amides is 1. The highest BCUT2D eigenvalue weighted by atomic mass is 16.3. The van der Waals surface area contributed by atoms with Crippen molar-refractivity contribution in [1.29, 1.82) is 0 Å². The van der Waals surface area contributed by atoms with Crippen molar-refractivity contribution < 1.29 is 9.90 Å². The molecule has 1 aliphatic rings. The van der Waals surface area contributed by atoms with Crippen LogP contribution in [-0.2, 0) is 0 Å². The van der Waals surface area contributed by atoms with Gasteiger partial charge < -0.3 is 15.0 Å². The molecule has 0 spiro atoms. The van der Waals surface area contributed by atoms with Crippen molar-refractivity contribution in [3.8, 4) is 5.69 Å². The van der Waals surface area contributed by atoms with Gasteiger partial charge in [0.25, 0.3) is 5.91 Å². The molecule has 2 N–H and O–H groups in total. The van der Waals surface area contributed by atoms with E-state index in [1.54, 1.807) is 0 Å². The van der Waals surface area contributed by atoms with Crippen LogP contribution in [0.2, 0.25) is 0 Å². The molecule has 0 unspecified atom stereocenters. The molecule has 4 nitrogen and oxygen atoms in total. The SMILES string of the molecule is Cc1cc(C(=O)NCC2(CO)CC2)c(C)n1-c1ccccc1. The van der Waals surface area contributed by atoms with E-state index >= 15 is 0 Å². The Balaban J connectivity index is 1.82. The average molecular weight is 298 g/mol. The van der Waals surface area contributed by atoms with Crippen molar-refractivity contribution in [3.63, 3.8) is 0 Å². The minimum atomic E-state index is -0.0688. The van der Waals surface area contributed by atoms with Crippen molar-refractivity contribution in [1.82, 2.24) is 9.88 Å². The van der Waals surface area contributed by atoms with Gasteiger partial charge in [-0.05, 0) is 44.9 Å². The molecule has 2 aromatic rings. The first kappa shape index (κ1) is 14.9. The van der Waals surface area contributed by atoms with Gasteiger partial charge in [-0.15, -0.1) is 0 Å². The van der Waals surface area contributed by atoms with Crippen molar-refractivity contribution in [2.45, 2.75) is 26.7 Å². The number of carbonyl (C=O) groups is 1. The number of aryl methyl sites for hydroxylation is 1. The second-order valence-electron chi connectivity index (χ2n) is 6.30. The first-order valence-corrected chi connectivity index (χ1v) is 7.70.